The minimum absolute atomic E-state index is 0.300. The molecule has 0 saturated heterocycles. The molecule has 0 aliphatic carbocycles. The standard InChI is InChI=1S/C8H20N2O4S/c1-14-7-8(11)6-9-4-3-5-10-15(2,12)13/h8-11H,3-7H2,1-2H3. The first kappa shape index (κ1) is 14.8. The number of methoxy groups -OCH3 is 1. The summed E-state index contributed by atoms with van der Waals surface area (Å²) in [7, 11) is -1.56. The fraction of sp³-hybridized carbons (Fsp3) is 1.00. The van der Waals surface area contributed by atoms with Crippen LogP contribution in [0.4, 0.5) is 0 Å². The van der Waals surface area contributed by atoms with Gasteiger partial charge in [-0.15, -0.1) is 0 Å². The van der Waals surface area contributed by atoms with Gasteiger partial charge in [0.2, 0.25) is 10.0 Å². The number of aliphatic hydroxyl groups excluding tert-OH is 1. The number of aliphatic hydroxyl groups is 1. The number of rotatable bonds is 9. The molecule has 0 spiro atoms. The van der Waals surface area contributed by atoms with Gasteiger partial charge >= 0.3 is 0 Å². The second kappa shape index (κ2) is 8.00. The van der Waals surface area contributed by atoms with Crippen molar-refractivity contribution in [1.82, 2.24) is 10.0 Å². The van der Waals surface area contributed by atoms with Crippen molar-refractivity contribution < 1.29 is 18.3 Å². The predicted octanol–water partition coefficient (Wildman–Crippen LogP) is -1.48. The summed E-state index contributed by atoms with van der Waals surface area (Å²) in [5.41, 5.74) is 0. The Balaban J connectivity index is 3.25. The molecule has 0 amide bonds. The molecule has 0 aromatic heterocycles. The Labute approximate surface area is 91.1 Å². The second-order valence-corrected chi connectivity index (χ2v) is 5.17. The topological polar surface area (TPSA) is 87.7 Å². The fourth-order valence-corrected chi connectivity index (χ4v) is 1.51. The Morgan fingerprint density at radius 1 is 1.40 bits per heavy atom. The maximum Gasteiger partial charge on any atom is 0.208 e. The summed E-state index contributed by atoms with van der Waals surface area (Å²) in [6.45, 7) is 1.82. The van der Waals surface area contributed by atoms with Gasteiger partial charge in [0.25, 0.3) is 0 Å². The van der Waals surface area contributed by atoms with Crippen LogP contribution in [-0.4, -0.2) is 59.2 Å². The molecule has 6 nitrogen and oxygen atoms in total. The van der Waals surface area contributed by atoms with Gasteiger partial charge in [0, 0.05) is 20.2 Å². The molecular formula is C8H20N2O4S. The van der Waals surface area contributed by atoms with Crippen LogP contribution >= 0.6 is 0 Å². The van der Waals surface area contributed by atoms with E-state index in [-0.39, 0.29) is 0 Å². The maximum absolute atomic E-state index is 10.7. The van der Waals surface area contributed by atoms with E-state index in [0.717, 1.165) is 6.26 Å². The van der Waals surface area contributed by atoms with Gasteiger partial charge in [0.1, 0.15) is 0 Å². The summed E-state index contributed by atoms with van der Waals surface area (Å²) in [4.78, 5) is 0. The summed E-state index contributed by atoms with van der Waals surface area (Å²) in [6, 6.07) is 0. The fourth-order valence-electron chi connectivity index (χ4n) is 0.991. The highest BCUT2D eigenvalue weighted by atomic mass is 32.2. The highest BCUT2D eigenvalue weighted by Gasteiger charge is 2.02. The summed E-state index contributed by atoms with van der Waals surface area (Å²) >= 11 is 0. The van der Waals surface area contributed by atoms with E-state index >= 15 is 0 Å². The first-order valence-corrected chi connectivity index (χ1v) is 6.67. The maximum atomic E-state index is 10.7. The van der Waals surface area contributed by atoms with Crippen molar-refractivity contribution in [2.24, 2.45) is 0 Å². The zero-order valence-electron chi connectivity index (χ0n) is 9.19. The summed E-state index contributed by atoms with van der Waals surface area (Å²) in [6.07, 6.45) is 1.30. The lowest BCUT2D eigenvalue weighted by molar-refractivity contribution is 0.0647. The SMILES string of the molecule is COCC(O)CNCCCNS(C)(=O)=O. The minimum Gasteiger partial charge on any atom is -0.389 e. The van der Waals surface area contributed by atoms with Crippen molar-refractivity contribution in [2.45, 2.75) is 12.5 Å². The molecule has 15 heavy (non-hydrogen) atoms. The van der Waals surface area contributed by atoms with Crippen LogP contribution in [0.3, 0.4) is 0 Å². The lowest BCUT2D eigenvalue weighted by atomic mass is 10.3. The van der Waals surface area contributed by atoms with Crippen molar-refractivity contribution in [3.8, 4) is 0 Å². The van der Waals surface area contributed by atoms with Crippen molar-refractivity contribution >= 4 is 10.0 Å². The quantitative estimate of drug-likeness (QED) is 0.428. The molecule has 0 radical (unpaired) electrons. The monoisotopic (exact) mass is 240 g/mol. The third-order valence-electron chi connectivity index (χ3n) is 1.63. The summed E-state index contributed by atoms with van der Waals surface area (Å²) in [5, 5.41) is 12.2. The summed E-state index contributed by atoms with van der Waals surface area (Å²) < 4.78 is 28.5. The first-order valence-electron chi connectivity index (χ1n) is 4.78. The number of hydrogen-bond acceptors (Lipinski definition) is 5. The molecule has 7 heteroatoms. The number of ether oxygens (including phenoxy) is 1. The van der Waals surface area contributed by atoms with E-state index in [2.05, 4.69) is 10.0 Å². The highest BCUT2D eigenvalue weighted by molar-refractivity contribution is 7.88. The normalized spacial score (nSPS) is 14.1. The number of nitrogens with one attached hydrogen (secondary N) is 2. The molecule has 0 rings (SSSR count). The van der Waals surface area contributed by atoms with Gasteiger partial charge in [-0.1, -0.05) is 0 Å². The van der Waals surface area contributed by atoms with Crippen molar-refractivity contribution in [1.29, 1.82) is 0 Å². The molecule has 0 heterocycles. The van der Waals surface area contributed by atoms with E-state index in [1.807, 2.05) is 0 Å². The molecule has 0 saturated carbocycles. The molecule has 3 N–H and O–H groups in total. The molecule has 1 atom stereocenters. The van der Waals surface area contributed by atoms with Crippen LogP contribution < -0.4 is 10.0 Å². The smallest absolute Gasteiger partial charge is 0.208 e. The van der Waals surface area contributed by atoms with E-state index in [1.165, 1.54) is 7.11 Å². The van der Waals surface area contributed by atoms with Crippen LogP contribution in [0.25, 0.3) is 0 Å². The van der Waals surface area contributed by atoms with Crippen LogP contribution in [0.2, 0.25) is 0 Å². The van der Waals surface area contributed by atoms with Crippen LogP contribution in [-0.2, 0) is 14.8 Å². The Hall–Kier alpha value is -0.210. The van der Waals surface area contributed by atoms with Gasteiger partial charge in [0.15, 0.2) is 0 Å². The van der Waals surface area contributed by atoms with Gasteiger partial charge in [-0.25, -0.2) is 13.1 Å². The average Bonchev–Trinajstić information content (AvgIpc) is 2.09. The zero-order chi connectivity index (χ0) is 11.7. The molecule has 0 aromatic carbocycles. The third-order valence-corrected chi connectivity index (χ3v) is 2.36. The molecular weight excluding hydrogens is 220 g/mol. The molecule has 0 fully saturated rings. The van der Waals surface area contributed by atoms with Crippen molar-refractivity contribution in [2.75, 3.05) is 39.6 Å². The van der Waals surface area contributed by atoms with E-state index in [0.29, 0.717) is 32.7 Å². The lowest BCUT2D eigenvalue weighted by Crippen LogP contribution is -2.32. The summed E-state index contributed by atoms with van der Waals surface area (Å²) in [5.74, 6) is 0. The molecule has 0 bridgehead atoms. The predicted molar refractivity (Wildman–Crippen MR) is 58.2 cm³/mol. The van der Waals surface area contributed by atoms with Crippen molar-refractivity contribution in [3.05, 3.63) is 0 Å². The molecule has 0 aromatic rings. The van der Waals surface area contributed by atoms with Crippen LogP contribution in [0.1, 0.15) is 6.42 Å². The molecule has 1 unspecified atom stereocenters. The van der Waals surface area contributed by atoms with Crippen molar-refractivity contribution in [3.63, 3.8) is 0 Å². The second-order valence-electron chi connectivity index (χ2n) is 3.33. The van der Waals surface area contributed by atoms with Crippen LogP contribution in [0.15, 0.2) is 0 Å². The molecule has 0 aliphatic heterocycles. The van der Waals surface area contributed by atoms with Gasteiger partial charge < -0.3 is 15.2 Å². The van der Waals surface area contributed by atoms with E-state index in [1.54, 1.807) is 0 Å². The number of sulfonamides is 1. The Kier molecular flexibility index (Phi) is 7.89. The third kappa shape index (κ3) is 11.7. The first-order chi connectivity index (χ1) is 6.95. The minimum atomic E-state index is -3.08. The van der Waals surface area contributed by atoms with Gasteiger partial charge in [-0.2, -0.15) is 0 Å². The van der Waals surface area contributed by atoms with Gasteiger partial charge in [-0.05, 0) is 13.0 Å². The zero-order valence-corrected chi connectivity index (χ0v) is 10.0. The van der Waals surface area contributed by atoms with E-state index in [4.69, 9.17) is 4.74 Å². The van der Waals surface area contributed by atoms with Crippen LogP contribution in [0.5, 0.6) is 0 Å². The van der Waals surface area contributed by atoms with Gasteiger partial charge in [-0.3, -0.25) is 0 Å². The van der Waals surface area contributed by atoms with Crippen LogP contribution in [0, 0.1) is 0 Å². The Morgan fingerprint density at radius 2 is 2.07 bits per heavy atom. The van der Waals surface area contributed by atoms with Gasteiger partial charge in [0.05, 0.1) is 19.0 Å². The molecule has 92 valence electrons. The lowest BCUT2D eigenvalue weighted by Gasteiger charge is -2.10. The Morgan fingerprint density at radius 3 is 2.60 bits per heavy atom. The Bertz CT molecular complexity index is 243. The van der Waals surface area contributed by atoms with E-state index < -0.39 is 16.1 Å². The largest absolute Gasteiger partial charge is 0.389 e. The number of hydrogen-bond donors (Lipinski definition) is 3. The highest BCUT2D eigenvalue weighted by Crippen LogP contribution is 1.82. The molecule has 0 aliphatic rings. The average molecular weight is 240 g/mol. The van der Waals surface area contributed by atoms with E-state index in [9.17, 15) is 13.5 Å².